The number of carbonyl (C=O) groups is 1. The molecule has 1 atom stereocenters. The molecule has 1 heterocycles. The average Bonchev–Trinajstić information content (AvgIpc) is 2.90. The van der Waals surface area contributed by atoms with Crippen LogP contribution in [0.5, 0.6) is 0 Å². The van der Waals surface area contributed by atoms with Gasteiger partial charge in [0, 0.05) is 17.3 Å². The van der Waals surface area contributed by atoms with E-state index in [1.807, 2.05) is 41.7 Å². The van der Waals surface area contributed by atoms with E-state index >= 15 is 0 Å². The van der Waals surface area contributed by atoms with Gasteiger partial charge in [-0.25, -0.2) is 4.98 Å². The highest BCUT2D eigenvalue weighted by Gasteiger charge is 2.23. The second-order valence-electron chi connectivity index (χ2n) is 5.90. The van der Waals surface area contributed by atoms with Crippen molar-refractivity contribution in [1.82, 2.24) is 10.3 Å². The standard InChI is InChI=1S/C18H22N2OS/c1-2-6-18-20-15-10-9-14(12-16(15)22-18)19-17(21)11-13-7-4-3-5-8-13/h3-5,7-8,14H,2,6,9-12H2,1H3,(H,19,21). The van der Waals surface area contributed by atoms with Gasteiger partial charge < -0.3 is 5.32 Å². The molecule has 1 aromatic heterocycles. The molecule has 0 saturated heterocycles. The first kappa shape index (κ1) is 15.2. The van der Waals surface area contributed by atoms with Gasteiger partial charge in [-0.05, 0) is 31.2 Å². The largest absolute Gasteiger partial charge is 0.353 e. The van der Waals surface area contributed by atoms with E-state index in [0.717, 1.165) is 37.7 Å². The number of aromatic nitrogens is 1. The number of aryl methyl sites for hydroxylation is 2. The summed E-state index contributed by atoms with van der Waals surface area (Å²) < 4.78 is 0. The van der Waals surface area contributed by atoms with E-state index in [-0.39, 0.29) is 11.9 Å². The summed E-state index contributed by atoms with van der Waals surface area (Å²) in [7, 11) is 0. The zero-order valence-electron chi connectivity index (χ0n) is 13.0. The zero-order valence-corrected chi connectivity index (χ0v) is 13.8. The first-order valence-electron chi connectivity index (χ1n) is 8.05. The third-order valence-corrected chi connectivity index (χ3v) is 5.20. The summed E-state index contributed by atoms with van der Waals surface area (Å²) in [5, 5.41) is 4.44. The molecule has 0 saturated carbocycles. The van der Waals surface area contributed by atoms with Crippen molar-refractivity contribution < 1.29 is 4.79 Å². The SMILES string of the molecule is CCCc1nc2c(s1)CC(NC(=O)Cc1ccccc1)CC2. The van der Waals surface area contributed by atoms with Crippen molar-refractivity contribution in [1.29, 1.82) is 0 Å². The van der Waals surface area contributed by atoms with Crippen LogP contribution in [0.4, 0.5) is 0 Å². The summed E-state index contributed by atoms with van der Waals surface area (Å²) in [5.74, 6) is 0.123. The summed E-state index contributed by atoms with van der Waals surface area (Å²) in [6.07, 6.45) is 5.62. The van der Waals surface area contributed by atoms with Gasteiger partial charge in [-0.2, -0.15) is 0 Å². The summed E-state index contributed by atoms with van der Waals surface area (Å²) >= 11 is 1.83. The average molecular weight is 314 g/mol. The van der Waals surface area contributed by atoms with Gasteiger partial charge in [0.25, 0.3) is 0 Å². The predicted octanol–water partition coefficient (Wildman–Crippen LogP) is 3.31. The van der Waals surface area contributed by atoms with E-state index in [2.05, 4.69) is 12.2 Å². The molecule has 1 unspecified atom stereocenters. The van der Waals surface area contributed by atoms with Gasteiger partial charge in [-0.15, -0.1) is 11.3 Å². The molecule has 1 aliphatic carbocycles. The maximum absolute atomic E-state index is 12.2. The fourth-order valence-corrected chi connectivity index (χ4v) is 4.23. The molecule has 1 aliphatic rings. The van der Waals surface area contributed by atoms with Crippen LogP contribution in [0.25, 0.3) is 0 Å². The van der Waals surface area contributed by atoms with Crippen molar-refractivity contribution in [3.8, 4) is 0 Å². The number of benzene rings is 1. The summed E-state index contributed by atoms with van der Waals surface area (Å²) in [6.45, 7) is 2.19. The van der Waals surface area contributed by atoms with Crippen LogP contribution in [0.1, 0.15) is 40.9 Å². The van der Waals surface area contributed by atoms with Crippen molar-refractivity contribution in [2.75, 3.05) is 0 Å². The van der Waals surface area contributed by atoms with Gasteiger partial charge in [-0.3, -0.25) is 4.79 Å². The van der Waals surface area contributed by atoms with Crippen molar-refractivity contribution in [3.05, 3.63) is 51.5 Å². The van der Waals surface area contributed by atoms with E-state index < -0.39 is 0 Å². The molecule has 0 spiro atoms. The first-order valence-corrected chi connectivity index (χ1v) is 8.87. The Hall–Kier alpha value is -1.68. The van der Waals surface area contributed by atoms with Crippen molar-refractivity contribution in [2.45, 2.75) is 51.5 Å². The Morgan fingerprint density at radius 1 is 1.36 bits per heavy atom. The van der Waals surface area contributed by atoms with Crippen LogP contribution in [0.15, 0.2) is 30.3 Å². The Labute approximate surface area is 135 Å². The molecule has 22 heavy (non-hydrogen) atoms. The molecule has 1 N–H and O–H groups in total. The maximum atomic E-state index is 12.2. The quantitative estimate of drug-likeness (QED) is 0.920. The van der Waals surface area contributed by atoms with Gasteiger partial charge >= 0.3 is 0 Å². The third kappa shape index (κ3) is 3.74. The highest BCUT2D eigenvalue weighted by Crippen LogP contribution is 2.27. The van der Waals surface area contributed by atoms with Crippen LogP contribution in [-0.2, 0) is 30.5 Å². The predicted molar refractivity (Wildman–Crippen MR) is 90.2 cm³/mol. The lowest BCUT2D eigenvalue weighted by atomic mass is 9.97. The number of nitrogens with one attached hydrogen (secondary N) is 1. The summed E-state index contributed by atoms with van der Waals surface area (Å²) in [6, 6.07) is 10.2. The molecule has 0 aliphatic heterocycles. The topological polar surface area (TPSA) is 42.0 Å². The van der Waals surface area contributed by atoms with Crippen LogP contribution in [0, 0.1) is 0 Å². The van der Waals surface area contributed by atoms with Gasteiger partial charge in [0.05, 0.1) is 17.1 Å². The fraction of sp³-hybridized carbons (Fsp3) is 0.444. The molecule has 3 rings (SSSR count). The van der Waals surface area contributed by atoms with Gasteiger partial charge in [0.1, 0.15) is 0 Å². The minimum Gasteiger partial charge on any atom is -0.353 e. The van der Waals surface area contributed by atoms with Gasteiger partial charge in [-0.1, -0.05) is 37.3 Å². The van der Waals surface area contributed by atoms with E-state index in [9.17, 15) is 4.79 Å². The third-order valence-electron chi connectivity index (χ3n) is 4.02. The minimum absolute atomic E-state index is 0.123. The van der Waals surface area contributed by atoms with Crippen LogP contribution in [0.2, 0.25) is 0 Å². The number of nitrogens with zero attached hydrogens (tertiary/aromatic N) is 1. The zero-order chi connectivity index (χ0) is 15.4. The van der Waals surface area contributed by atoms with Crippen LogP contribution >= 0.6 is 11.3 Å². The number of rotatable bonds is 5. The van der Waals surface area contributed by atoms with Crippen LogP contribution in [-0.4, -0.2) is 16.9 Å². The van der Waals surface area contributed by atoms with E-state index in [0.29, 0.717) is 6.42 Å². The second kappa shape index (κ2) is 7.05. The molecule has 1 amide bonds. The van der Waals surface area contributed by atoms with Crippen LogP contribution in [0.3, 0.4) is 0 Å². The molecule has 0 fully saturated rings. The number of amides is 1. The van der Waals surface area contributed by atoms with Crippen molar-refractivity contribution in [2.24, 2.45) is 0 Å². The fourth-order valence-electron chi connectivity index (χ4n) is 2.93. The second-order valence-corrected chi connectivity index (χ2v) is 7.07. The van der Waals surface area contributed by atoms with E-state index in [1.54, 1.807) is 0 Å². The molecular formula is C18H22N2OS. The first-order chi connectivity index (χ1) is 10.7. The molecule has 0 radical (unpaired) electrons. The van der Waals surface area contributed by atoms with E-state index in [1.165, 1.54) is 15.6 Å². The minimum atomic E-state index is 0.123. The number of carbonyl (C=O) groups excluding carboxylic acids is 1. The van der Waals surface area contributed by atoms with Gasteiger partial charge in [0.15, 0.2) is 0 Å². The molecular weight excluding hydrogens is 292 g/mol. The molecule has 3 nitrogen and oxygen atoms in total. The van der Waals surface area contributed by atoms with Gasteiger partial charge in [0.2, 0.25) is 5.91 Å². The lowest BCUT2D eigenvalue weighted by Crippen LogP contribution is -2.39. The smallest absolute Gasteiger partial charge is 0.224 e. The molecule has 116 valence electrons. The van der Waals surface area contributed by atoms with Crippen molar-refractivity contribution >= 4 is 17.2 Å². The van der Waals surface area contributed by atoms with Crippen molar-refractivity contribution in [3.63, 3.8) is 0 Å². The Bertz CT molecular complexity index is 636. The molecule has 0 bridgehead atoms. The Balaban J connectivity index is 1.56. The van der Waals surface area contributed by atoms with E-state index in [4.69, 9.17) is 4.98 Å². The maximum Gasteiger partial charge on any atom is 0.224 e. The lowest BCUT2D eigenvalue weighted by molar-refractivity contribution is -0.121. The molecule has 1 aromatic carbocycles. The lowest BCUT2D eigenvalue weighted by Gasteiger charge is -2.22. The van der Waals surface area contributed by atoms with Crippen LogP contribution < -0.4 is 5.32 Å². The number of hydrogen-bond acceptors (Lipinski definition) is 3. The Kier molecular flexibility index (Phi) is 4.88. The highest BCUT2D eigenvalue weighted by atomic mass is 32.1. The number of hydrogen-bond donors (Lipinski definition) is 1. The number of fused-ring (bicyclic) bond motifs is 1. The molecule has 2 aromatic rings. The summed E-state index contributed by atoms with van der Waals surface area (Å²) in [4.78, 5) is 18.3. The number of thiazole rings is 1. The normalized spacial score (nSPS) is 17.0. The highest BCUT2D eigenvalue weighted by molar-refractivity contribution is 7.11. The Morgan fingerprint density at radius 2 is 2.18 bits per heavy atom. The monoisotopic (exact) mass is 314 g/mol. The summed E-state index contributed by atoms with van der Waals surface area (Å²) in [5.41, 5.74) is 2.33. The Morgan fingerprint density at radius 3 is 2.95 bits per heavy atom. The molecule has 4 heteroatoms.